The topological polar surface area (TPSA) is 16.4 Å². The van der Waals surface area contributed by atoms with Crippen molar-refractivity contribution in [3.63, 3.8) is 0 Å². The second-order valence-electron chi connectivity index (χ2n) is 21.4. The fourth-order valence-corrected chi connectivity index (χ4v) is 11.8. The third kappa shape index (κ3) is 6.67. The number of para-hydroxylation sites is 3. The monoisotopic (exact) mass is 857 g/mol. The Kier molecular flexibility index (Phi) is 9.72. The summed E-state index contributed by atoms with van der Waals surface area (Å²) in [5.74, 6) is 0.826. The number of nitrogens with zero attached hydrogens (tertiary/aromatic N) is 1. The molecular formula is C64H59NO. The minimum Gasteiger partial charge on any atom is -0.456 e. The van der Waals surface area contributed by atoms with Gasteiger partial charge in [0.05, 0.1) is 17.1 Å². The van der Waals surface area contributed by atoms with Crippen LogP contribution in [0.1, 0.15) is 79.0 Å². The van der Waals surface area contributed by atoms with Gasteiger partial charge in [0, 0.05) is 32.9 Å². The maximum Gasteiger partial charge on any atom is 0.136 e. The first kappa shape index (κ1) is 41.8. The summed E-state index contributed by atoms with van der Waals surface area (Å²) in [7, 11) is 0. The van der Waals surface area contributed by atoms with Crippen molar-refractivity contribution in [2.24, 2.45) is 22.7 Å². The molecule has 2 nitrogen and oxygen atoms in total. The summed E-state index contributed by atoms with van der Waals surface area (Å²) in [6.07, 6.45) is 5.11. The van der Waals surface area contributed by atoms with Gasteiger partial charge in [0.1, 0.15) is 11.2 Å². The van der Waals surface area contributed by atoms with Crippen LogP contribution in [0.15, 0.2) is 192 Å². The molecule has 66 heavy (non-hydrogen) atoms. The van der Waals surface area contributed by atoms with Gasteiger partial charge in [0.25, 0.3) is 0 Å². The molecule has 2 aliphatic carbocycles. The van der Waals surface area contributed by atoms with E-state index < -0.39 is 0 Å². The lowest BCUT2D eigenvalue weighted by Crippen LogP contribution is -2.32. The molecule has 326 valence electrons. The van der Waals surface area contributed by atoms with E-state index in [1.54, 1.807) is 0 Å². The number of benzene rings is 8. The Labute approximate surface area is 390 Å². The third-order valence-corrected chi connectivity index (χ3v) is 14.9. The van der Waals surface area contributed by atoms with Crippen LogP contribution >= 0.6 is 0 Å². The van der Waals surface area contributed by atoms with Crippen LogP contribution in [0.25, 0.3) is 71.7 Å². The molecule has 2 aliphatic rings. The van der Waals surface area contributed by atoms with Gasteiger partial charge in [0.15, 0.2) is 0 Å². The molecule has 0 amide bonds. The number of anilines is 3. The Morgan fingerprint density at radius 2 is 1.09 bits per heavy atom. The second kappa shape index (κ2) is 15.3. The highest BCUT2D eigenvalue weighted by atomic mass is 16.3. The first-order chi connectivity index (χ1) is 31.7. The van der Waals surface area contributed by atoms with Crippen molar-refractivity contribution < 1.29 is 4.42 Å². The Morgan fingerprint density at radius 3 is 1.83 bits per heavy atom. The average molecular weight is 858 g/mol. The molecular weight excluding hydrogens is 799 g/mol. The molecule has 0 radical (unpaired) electrons. The highest BCUT2D eigenvalue weighted by Gasteiger charge is 2.39. The summed E-state index contributed by atoms with van der Waals surface area (Å²) >= 11 is 0. The molecule has 0 saturated heterocycles. The fourth-order valence-electron chi connectivity index (χ4n) is 11.8. The summed E-state index contributed by atoms with van der Waals surface area (Å²) in [5.41, 5.74) is 19.2. The van der Waals surface area contributed by atoms with Crippen LogP contribution in [0.4, 0.5) is 17.1 Å². The van der Waals surface area contributed by atoms with Gasteiger partial charge in [-0.15, -0.1) is 0 Å². The van der Waals surface area contributed by atoms with E-state index in [9.17, 15) is 0 Å². The van der Waals surface area contributed by atoms with Crippen LogP contribution in [0.3, 0.4) is 0 Å². The van der Waals surface area contributed by atoms with E-state index in [1.807, 2.05) is 6.07 Å². The van der Waals surface area contributed by atoms with Crippen LogP contribution in [0.5, 0.6) is 0 Å². The number of fused-ring (bicyclic) bond motifs is 7. The van der Waals surface area contributed by atoms with E-state index >= 15 is 0 Å². The van der Waals surface area contributed by atoms with Crippen molar-refractivity contribution in [2.45, 2.75) is 67.7 Å². The molecule has 0 bridgehead atoms. The predicted octanol–water partition coefficient (Wildman–Crippen LogP) is 18.5. The highest BCUT2D eigenvalue weighted by molar-refractivity contribution is 6.10. The molecule has 0 saturated carbocycles. The third-order valence-electron chi connectivity index (χ3n) is 14.9. The van der Waals surface area contributed by atoms with E-state index in [0.717, 1.165) is 50.1 Å². The summed E-state index contributed by atoms with van der Waals surface area (Å²) in [6.45, 7) is 21.5. The van der Waals surface area contributed by atoms with Crippen LogP contribution < -0.4 is 4.90 Å². The number of furan rings is 1. The van der Waals surface area contributed by atoms with Gasteiger partial charge in [-0.25, -0.2) is 0 Å². The van der Waals surface area contributed by atoms with Crippen LogP contribution in [0, 0.1) is 22.7 Å². The zero-order valence-corrected chi connectivity index (χ0v) is 39.8. The molecule has 9 aromatic rings. The number of allylic oxidation sites excluding steroid dienone is 4. The van der Waals surface area contributed by atoms with E-state index in [1.165, 1.54) is 60.9 Å². The predicted molar refractivity (Wildman–Crippen MR) is 282 cm³/mol. The maximum atomic E-state index is 6.52. The van der Waals surface area contributed by atoms with Crippen LogP contribution in [-0.4, -0.2) is 0 Å². The van der Waals surface area contributed by atoms with Crippen molar-refractivity contribution >= 4 is 55.3 Å². The zero-order chi connectivity index (χ0) is 45.7. The van der Waals surface area contributed by atoms with Crippen molar-refractivity contribution in [1.29, 1.82) is 0 Å². The quantitative estimate of drug-likeness (QED) is 0.166. The minimum atomic E-state index is -0.168. The van der Waals surface area contributed by atoms with Gasteiger partial charge < -0.3 is 9.32 Å². The van der Waals surface area contributed by atoms with E-state index in [0.29, 0.717) is 11.8 Å². The lowest BCUT2D eigenvalue weighted by molar-refractivity contribution is 0.219. The van der Waals surface area contributed by atoms with Gasteiger partial charge in [0.2, 0.25) is 0 Å². The van der Waals surface area contributed by atoms with Gasteiger partial charge in [-0.1, -0.05) is 213 Å². The lowest BCUT2D eigenvalue weighted by Gasteiger charge is -2.42. The van der Waals surface area contributed by atoms with Gasteiger partial charge >= 0.3 is 0 Å². The maximum absolute atomic E-state index is 6.52. The van der Waals surface area contributed by atoms with Crippen molar-refractivity contribution in [3.05, 3.63) is 204 Å². The summed E-state index contributed by atoms with van der Waals surface area (Å²) in [4.78, 5) is 2.56. The molecule has 2 unspecified atom stereocenters. The molecule has 1 heterocycles. The normalized spacial score (nSPS) is 16.9. The molecule has 1 aromatic heterocycles. The second-order valence-corrected chi connectivity index (χ2v) is 21.4. The van der Waals surface area contributed by atoms with Crippen molar-refractivity contribution in [3.8, 4) is 33.4 Å². The molecule has 2 heteroatoms. The SMILES string of the molecule is CC1C(C(C)(C)C)=CC(c2cccc3cccc(-c4ccccc4N(c4ccccc4-c4ccc5c(c4)oc4ccccc45)c4cccc5c4-c4ccccc4C5(C)C)c23)=CC1C(C)(C)C. The van der Waals surface area contributed by atoms with E-state index in [-0.39, 0.29) is 16.2 Å². The minimum absolute atomic E-state index is 0.0361. The molecule has 0 N–H and O–H groups in total. The summed E-state index contributed by atoms with van der Waals surface area (Å²) < 4.78 is 6.52. The summed E-state index contributed by atoms with van der Waals surface area (Å²) in [5, 5.41) is 4.77. The van der Waals surface area contributed by atoms with Gasteiger partial charge in [-0.05, 0) is 109 Å². The molecule has 2 atom stereocenters. The standard InChI is InChI=1S/C64H59NO/c1-40-53(62(2,3)4)37-43(38-54(40)63(5,6)7)45-27-18-21-41-22-19-28-49(60(41)45)46-24-12-16-32-56(46)65(57-33-20-30-52-61(57)50-26-10-14-29-51(50)64(52,8)9)55-31-15-11-23-44(55)42-35-36-48-47-25-13-17-34-58(47)66-59(48)39-42/h10-40,53H,1-9H3. The molecule has 0 fully saturated rings. The van der Waals surface area contributed by atoms with Crippen molar-refractivity contribution in [1.82, 2.24) is 0 Å². The fraction of sp³-hybridized carbons (Fsp3) is 0.219. The molecule has 0 aliphatic heterocycles. The molecule has 11 rings (SSSR count). The Hall–Kier alpha value is -6.90. The van der Waals surface area contributed by atoms with Crippen molar-refractivity contribution in [2.75, 3.05) is 4.90 Å². The first-order valence-electron chi connectivity index (χ1n) is 23.8. The molecule has 8 aromatic carbocycles. The van der Waals surface area contributed by atoms with Gasteiger partial charge in [-0.2, -0.15) is 0 Å². The Morgan fingerprint density at radius 1 is 0.515 bits per heavy atom. The first-order valence-corrected chi connectivity index (χ1v) is 23.8. The van der Waals surface area contributed by atoms with Gasteiger partial charge in [-0.3, -0.25) is 0 Å². The Bertz CT molecular complexity index is 3440. The lowest BCUT2D eigenvalue weighted by atomic mass is 9.63. The summed E-state index contributed by atoms with van der Waals surface area (Å²) in [6, 6.07) is 62.8. The largest absolute Gasteiger partial charge is 0.456 e. The smallest absolute Gasteiger partial charge is 0.136 e. The number of hydrogen-bond donors (Lipinski definition) is 0. The van der Waals surface area contributed by atoms with E-state index in [4.69, 9.17) is 4.42 Å². The van der Waals surface area contributed by atoms with E-state index in [2.05, 4.69) is 243 Å². The highest BCUT2D eigenvalue weighted by Crippen LogP contribution is 2.56. The average Bonchev–Trinajstić information content (AvgIpc) is 3.80. The van der Waals surface area contributed by atoms with Crippen LogP contribution in [0.2, 0.25) is 0 Å². The number of hydrogen-bond acceptors (Lipinski definition) is 2. The molecule has 0 spiro atoms. The zero-order valence-electron chi connectivity index (χ0n) is 39.8. The number of rotatable bonds is 6. The van der Waals surface area contributed by atoms with Crippen LogP contribution in [-0.2, 0) is 5.41 Å². The Balaban J connectivity index is 1.19.